The molecule has 1 N–H and O–H groups in total. The number of hydrogen-bond donors (Lipinski definition) is 1. The molecule has 1 saturated heterocycles. The number of benzene rings is 1. The Morgan fingerprint density at radius 2 is 1.90 bits per heavy atom. The quantitative estimate of drug-likeness (QED) is 0.323. The smallest absolute Gasteiger partial charge is 0.252 e. The first kappa shape index (κ1) is 25.2. The predicted octanol–water partition coefficient (Wildman–Crippen LogP) is 4.57. The lowest BCUT2D eigenvalue weighted by Crippen LogP contribution is -2.31. The molecule has 1 saturated carbocycles. The summed E-state index contributed by atoms with van der Waals surface area (Å²) in [5.41, 5.74) is 5.05. The van der Waals surface area contributed by atoms with Crippen molar-refractivity contribution in [3.05, 3.63) is 89.3 Å². The predicted molar refractivity (Wildman–Crippen MR) is 152 cm³/mol. The molecule has 0 spiro atoms. The topological polar surface area (TPSA) is 104 Å². The second kappa shape index (κ2) is 9.71. The van der Waals surface area contributed by atoms with Gasteiger partial charge in [-0.15, -0.1) is 0 Å². The van der Waals surface area contributed by atoms with Gasteiger partial charge in [-0.1, -0.05) is 11.6 Å². The van der Waals surface area contributed by atoms with Crippen molar-refractivity contribution in [1.82, 2.24) is 29.7 Å². The van der Waals surface area contributed by atoms with Crippen LogP contribution >= 0.6 is 11.6 Å². The van der Waals surface area contributed by atoms with Crippen LogP contribution in [0.5, 0.6) is 0 Å². The highest BCUT2D eigenvalue weighted by Crippen LogP contribution is 2.52. The molecular weight excluding hydrogens is 543 g/mol. The molecular formula is C30H24ClFN8O. The number of pyridine rings is 2. The van der Waals surface area contributed by atoms with E-state index >= 15 is 0 Å². The lowest BCUT2D eigenvalue weighted by Gasteiger charge is -2.21. The zero-order chi connectivity index (χ0) is 28.2. The third-order valence-electron chi connectivity index (χ3n) is 8.20. The van der Waals surface area contributed by atoms with Gasteiger partial charge >= 0.3 is 0 Å². The molecule has 5 aromatic rings. The summed E-state index contributed by atoms with van der Waals surface area (Å²) < 4.78 is 17.0. The molecule has 7 rings (SSSR count). The van der Waals surface area contributed by atoms with Gasteiger partial charge < -0.3 is 10.2 Å². The van der Waals surface area contributed by atoms with Crippen molar-refractivity contribution >= 4 is 28.8 Å². The zero-order valence-corrected chi connectivity index (χ0v) is 22.8. The van der Waals surface area contributed by atoms with Crippen LogP contribution < -0.4 is 10.2 Å². The highest BCUT2D eigenvalue weighted by molar-refractivity contribution is 6.33. The molecule has 0 radical (unpaired) electrons. The minimum absolute atomic E-state index is 0.157. The van der Waals surface area contributed by atoms with Crippen LogP contribution in [0.25, 0.3) is 27.8 Å². The van der Waals surface area contributed by atoms with Gasteiger partial charge in [-0.25, -0.2) is 13.9 Å². The highest BCUT2D eigenvalue weighted by Gasteiger charge is 2.55. The summed E-state index contributed by atoms with van der Waals surface area (Å²) in [6.45, 7) is 2.26. The third-order valence-corrected chi connectivity index (χ3v) is 8.53. The van der Waals surface area contributed by atoms with Gasteiger partial charge in [0.15, 0.2) is 0 Å². The molecule has 1 unspecified atom stereocenters. The molecule has 5 heterocycles. The van der Waals surface area contributed by atoms with Gasteiger partial charge in [0.2, 0.25) is 0 Å². The molecule has 0 bridgehead atoms. The largest absolute Gasteiger partial charge is 0.356 e. The number of piperidine rings is 1. The van der Waals surface area contributed by atoms with E-state index in [4.69, 9.17) is 16.6 Å². The molecule has 1 aliphatic carbocycles. The minimum atomic E-state index is -0.488. The van der Waals surface area contributed by atoms with Crippen molar-refractivity contribution in [3.63, 3.8) is 0 Å². The number of rotatable bonds is 6. The first-order chi connectivity index (χ1) is 19.9. The maximum atomic E-state index is 13.5. The normalized spacial score (nSPS) is 19.3. The van der Waals surface area contributed by atoms with E-state index in [-0.39, 0.29) is 16.5 Å². The lowest BCUT2D eigenvalue weighted by atomic mass is 10.0. The van der Waals surface area contributed by atoms with Crippen molar-refractivity contribution in [2.45, 2.75) is 0 Å². The number of hydrogen-bond acceptors (Lipinski definition) is 6. The molecule has 2 aliphatic rings. The summed E-state index contributed by atoms with van der Waals surface area (Å²) >= 11 is 6.07. The summed E-state index contributed by atoms with van der Waals surface area (Å²) in [5, 5.41) is 21.5. The lowest BCUT2D eigenvalue weighted by molar-refractivity contribution is 0.0950. The van der Waals surface area contributed by atoms with E-state index in [0.717, 1.165) is 52.7 Å². The van der Waals surface area contributed by atoms with Crippen molar-refractivity contribution < 1.29 is 9.18 Å². The number of carbonyl (C=O) groups is 1. The Balaban J connectivity index is 1.05. The third kappa shape index (κ3) is 4.48. The summed E-state index contributed by atoms with van der Waals surface area (Å²) in [5.74, 6) is 1.38. The molecule has 11 heteroatoms. The summed E-state index contributed by atoms with van der Waals surface area (Å²) in [4.78, 5) is 19.5. The van der Waals surface area contributed by atoms with Gasteiger partial charge in [-0.05, 0) is 54.2 Å². The van der Waals surface area contributed by atoms with Crippen LogP contribution in [-0.2, 0) is 7.05 Å². The van der Waals surface area contributed by atoms with Crippen LogP contribution in [0.4, 0.5) is 10.2 Å². The summed E-state index contributed by atoms with van der Waals surface area (Å²) in [7, 11) is 1.87. The first-order valence-corrected chi connectivity index (χ1v) is 13.6. The van der Waals surface area contributed by atoms with Crippen molar-refractivity contribution in [1.29, 1.82) is 5.26 Å². The van der Waals surface area contributed by atoms with Crippen LogP contribution in [0.2, 0.25) is 5.02 Å². The molecule has 9 nitrogen and oxygen atoms in total. The Bertz CT molecular complexity index is 1840. The number of aryl methyl sites for hydroxylation is 1. The monoisotopic (exact) mass is 566 g/mol. The molecule has 4 aromatic heterocycles. The van der Waals surface area contributed by atoms with Gasteiger partial charge in [-0.3, -0.25) is 9.48 Å². The molecule has 1 aliphatic heterocycles. The fourth-order valence-electron chi connectivity index (χ4n) is 6.00. The van der Waals surface area contributed by atoms with Crippen molar-refractivity contribution in [2.24, 2.45) is 24.8 Å². The number of nitrogens with one attached hydrogen (secondary N) is 1. The van der Waals surface area contributed by atoms with E-state index < -0.39 is 5.82 Å². The number of nitriles is 1. The Morgan fingerprint density at radius 3 is 2.61 bits per heavy atom. The number of amides is 1. The van der Waals surface area contributed by atoms with Crippen LogP contribution in [-0.4, -0.2) is 49.9 Å². The number of nitrogens with zero attached hydrogens (tertiary/aromatic N) is 7. The van der Waals surface area contributed by atoms with E-state index in [9.17, 15) is 14.4 Å². The van der Waals surface area contributed by atoms with E-state index in [0.29, 0.717) is 29.9 Å². The number of carbonyl (C=O) groups excluding carboxylic acids is 1. The van der Waals surface area contributed by atoms with Gasteiger partial charge in [0.05, 0.1) is 34.1 Å². The number of aromatic nitrogens is 5. The minimum Gasteiger partial charge on any atom is -0.356 e. The number of fused-ring (bicyclic) bond motifs is 2. The summed E-state index contributed by atoms with van der Waals surface area (Å²) in [6, 6.07) is 12.1. The van der Waals surface area contributed by atoms with Crippen molar-refractivity contribution in [3.8, 4) is 28.3 Å². The average Bonchev–Trinajstić information content (AvgIpc) is 3.42. The Labute approximate surface area is 239 Å². The van der Waals surface area contributed by atoms with E-state index in [1.807, 2.05) is 43.8 Å². The second-order valence-electron chi connectivity index (χ2n) is 10.6. The standard InChI is InChI=1S/C30H24ClFN8O/c1-38-13-20(11-36-38)18-6-22(29-19(8-33)10-37-40(29)14-18)17-2-5-28(34-9-17)39-15-25-24(26(25)16-39)12-35-30(41)23-7-21(32)3-4-27(23)31/h2-7,9-11,13-14,24-26H,12,15-16H2,1H3,(H,35,41)/t24?,25-,26+. The average molecular weight is 567 g/mol. The maximum absolute atomic E-state index is 13.5. The van der Waals surface area contributed by atoms with Crippen LogP contribution in [0.1, 0.15) is 15.9 Å². The maximum Gasteiger partial charge on any atom is 0.252 e. The Kier molecular flexibility index (Phi) is 5.98. The fraction of sp³-hybridized carbons (Fsp3) is 0.233. The van der Waals surface area contributed by atoms with Crippen LogP contribution in [0.15, 0.2) is 67.4 Å². The van der Waals surface area contributed by atoms with Gasteiger partial charge in [0.25, 0.3) is 5.91 Å². The molecule has 41 heavy (non-hydrogen) atoms. The van der Waals surface area contributed by atoms with E-state index in [1.54, 1.807) is 21.6 Å². The molecule has 3 atom stereocenters. The highest BCUT2D eigenvalue weighted by atomic mass is 35.5. The zero-order valence-electron chi connectivity index (χ0n) is 22.0. The van der Waals surface area contributed by atoms with Gasteiger partial charge in [-0.2, -0.15) is 15.5 Å². The van der Waals surface area contributed by atoms with Gasteiger partial charge in [0, 0.05) is 67.5 Å². The molecule has 204 valence electrons. The number of anilines is 1. The van der Waals surface area contributed by atoms with Crippen LogP contribution in [0.3, 0.4) is 0 Å². The Morgan fingerprint density at radius 1 is 1.07 bits per heavy atom. The first-order valence-electron chi connectivity index (χ1n) is 13.2. The Hall–Kier alpha value is -4.75. The second-order valence-corrected chi connectivity index (χ2v) is 11.1. The molecule has 1 amide bonds. The number of halogens is 2. The summed E-state index contributed by atoms with van der Waals surface area (Å²) in [6.07, 6.45) is 9.07. The van der Waals surface area contributed by atoms with E-state index in [2.05, 4.69) is 26.5 Å². The molecule has 1 aromatic carbocycles. The fourth-order valence-corrected chi connectivity index (χ4v) is 6.20. The van der Waals surface area contributed by atoms with Crippen LogP contribution in [0, 0.1) is 34.9 Å². The van der Waals surface area contributed by atoms with E-state index in [1.165, 1.54) is 12.1 Å². The molecule has 2 fully saturated rings. The SMILES string of the molecule is Cn1cc(-c2cc(-c3ccc(N4C[C@@H]5C(CNC(=O)c6cc(F)ccc6Cl)[C@@H]5C4)nc3)c3c(C#N)cnn3c2)cn1. The van der Waals surface area contributed by atoms with Gasteiger partial charge in [0.1, 0.15) is 17.7 Å². The van der Waals surface area contributed by atoms with Crippen molar-refractivity contribution in [2.75, 3.05) is 24.5 Å².